The number of carbonyl (C=O) groups is 1. The maximum absolute atomic E-state index is 15.6. The minimum atomic E-state index is -1.39. The molecule has 0 radical (unpaired) electrons. The molecule has 7 rings (SSSR count). The Labute approximate surface area is 214 Å². The van der Waals surface area contributed by atoms with Crippen LogP contribution < -0.4 is 26.3 Å². The van der Waals surface area contributed by atoms with Crippen LogP contribution in [0.5, 0.6) is 0 Å². The van der Waals surface area contributed by atoms with E-state index < -0.39 is 28.6 Å². The second-order valence-electron chi connectivity index (χ2n) is 11.6. The van der Waals surface area contributed by atoms with Crippen molar-refractivity contribution in [3.63, 3.8) is 0 Å². The van der Waals surface area contributed by atoms with Gasteiger partial charge in [0.05, 0.1) is 10.9 Å². The van der Waals surface area contributed by atoms with Crippen molar-refractivity contribution in [2.24, 2.45) is 11.8 Å². The largest absolute Gasteiger partial charge is 0.477 e. The van der Waals surface area contributed by atoms with Gasteiger partial charge >= 0.3 is 5.97 Å². The van der Waals surface area contributed by atoms with E-state index in [-0.39, 0.29) is 28.7 Å². The van der Waals surface area contributed by atoms with E-state index in [1.54, 1.807) is 4.90 Å². The Balaban J connectivity index is 0.000000235. The highest BCUT2D eigenvalue weighted by molar-refractivity contribution is 5.94. The standard InChI is InChI=1S/C20H21F2N3O3.C7H14N2/c1-9-4-10-6-24(8-15(10)23-9)18-14(21)5-12-17(16(18)22)25(11-2-3-11)7-13(19(12)26)20(27)28;1-5-2-6-3-8-4-7(6)9-5/h5,7,9-11,15,23H,2-4,6,8H2,1H3,(H,27,28);5-9H,2-4H2,1H3. The van der Waals surface area contributed by atoms with E-state index in [0.717, 1.165) is 43.3 Å². The molecule has 6 atom stereocenters. The summed E-state index contributed by atoms with van der Waals surface area (Å²) in [5.41, 5.74) is -1.42. The van der Waals surface area contributed by atoms with Crippen LogP contribution in [-0.2, 0) is 0 Å². The first kappa shape index (κ1) is 24.8. The van der Waals surface area contributed by atoms with E-state index in [1.807, 2.05) is 0 Å². The van der Waals surface area contributed by atoms with Crippen LogP contribution in [0.3, 0.4) is 0 Å². The topological polar surface area (TPSA) is 98.6 Å². The molecule has 8 nitrogen and oxygen atoms in total. The smallest absolute Gasteiger partial charge is 0.341 e. The van der Waals surface area contributed by atoms with Crippen molar-refractivity contribution >= 4 is 22.6 Å². The fraction of sp³-hybridized carbons (Fsp3) is 0.630. The maximum Gasteiger partial charge on any atom is 0.341 e. The van der Waals surface area contributed by atoms with Gasteiger partial charge in [0.2, 0.25) is 5.43 Å². The van der Waals surface area contributed by atoms with Crippen LogP contribution in [0.25, 0.3) is 10.9 Å². The van der Waals surface area contributed by atoms with Crippen LogP contribution in [0, 0.1) is 23.5 Å². The average molecular weight is 516 g/mol. The number of nitrogens with zero attached hydrogens (tertiary/aromatic N) is 2. The van der Waals surface area contributed by atoms with Crippen LogP contribution in [0.2, 0.25) is 0 Å². The molecule has 4 aliphatic heterocycles. The van der Waals surface area contributed by atoms with Crippen LogP contribution >= 0.6 is 0 Å². The molecule has 0 spiro atoms. The summed E-state index contributed by atoms with van der Waals surface area (Å²) in [5, 5.41) is 19.5. The summed E-state index contributed by atoms with van der Waals surface area (Å²) in [5.74, 6) is -1.72. The molecule has 37 heavy (non-hydrogen) atoms. The van der Waals surface area contributed by atoms with Crippen molar-refractivity contribution in [2.75, 3.05) is 31.1 Å². The van der Waals surface area contributed by atoms with Gasteiger partial charge in [0.1, 0.15) is 17.1 Å². The SMILES string of the molecule is CC1CC2CN(c3c(F)cc4c(=O)c(C(=O)O)cn(C5CC5)c4c3F)CC2N1.CC1CC2CNCC2N1. The van der Waals surface area contributed by atoms with Crippen molar-refractivity contribution in [1.82, 2.24) is 20.5 Å². The number of anilines is 1. The van der Waals surface area contributed by atoms with Gasteiger partial charge in [-0.2, -0.15) is 0 Å². The number of pyridine rings is 1. The highest BCUT2D eigenvalue weighted by atomic mass is 19.1. The number of carboxylic acid groups (broad SMARTS) is 1. The second kappa shape index (κ2) is 9.32. The molecule has 4 N–H and O–H groups in total. The number of rotatable bonds is 3. The molecular formula is C27H35F2N5O3. The van der Waals surface area contributed by atoms with Gasteiger partial charge in [-0.25, -0.2) is 13.6 Å². The Morgan fingerprint density at radius 2 is 1.73 bits per heavy atom. The first-order chi connectivity index (χ1) is 17.7. The quantitative estimate of drug-likeness (QED) is 0.499. The highest BCUT2D eigenvalue weighted by Crippen LogP contribution is 2.41. The van der Waals surface area contributed by atoms with Gasteiger partial charge in [0.25, 0.3) is 0 Å². The zero-order valence-electron chi connectivity index (χ0n) is 21.3. The molecule has 5 aliphatic rings. The molecule has 1 aromatic carbocycles. The van der Waals surface area contributed by atoms with Crippen molar-refractivity contribution < 1.29 is 18.7 Å². The summed E-state index contributed by atoms with van der Waals surface area (Å²) in [6.45, 7) is 7.88. The number of nitrogens with one attached hydrogen (secondary N) is 3. The molecular weight excluding hydrogens is 480 g/mol. The molecule has 4 saturated heterocycles. The fourth-order valence-electron chi connectivity index (χ4n) is 6.95. The first-order valence-corrected chi connectivity index (χ1v) is 13.5. The van der Waals surface area contributed by atoms with Gasteiger partial charge in [-0.05, 0) is 64.0 Å². The predicted molar refractivity (Wildman–Crippen MR) is 137 cm³/mol. The zero-order chi connectivity index (χ0) is 26.0. The Bertz CT molecular complexity index is 1270. The van der Waals surface area contributed by atoms with E-state index in [0.29, 0.717) is 25.0 Å². The normalized spacial score (nSPS) is 32.4. The van der Waals surface area contributed by atoms with Crippen LogP contribution in [0.15, 0.2) is 17.1 Å². The summed E-state index contributed by atoms with van der Waals surface area (Å²) >= 11 is 0. The molecule has 5 heterocycles. The molecule has 0 amide bonds. The van der Waals surface area contributed by atoms with E-state index in [9.17, 15) is 19.1 Å². The van der Waals surface area contributed by atoms with Gasteiger partial charge in [-0.3, -0.25) is 4.79 Å². The van der Waals surface area contributed by atoms with Gasteiger partial charge in [-0.15, -0.1) is 0 Å². The van der Waals surface area contributed by atoms with Gasteiger partial charge in [0, 0.05) is 56.0 Å². The maximum atomic E-state index is 15.6. The Morgan fingerprint density at radius 1 is 1.03 bits per heavy atom. The van der Waals surface area contributed by atoms with Crippen molar-refractivity contribution in [3.05, 3.63) is 39.7 Å². The molecule has 2 aromatic rings. The Kier molecular flexibility index (Phi) is 6.24. The summed E-state index contributed by atoms with van der Waals surface area (Å²) < 4.78 is 32.0. The lowest BCUT2D eigenvalue weighted by atomic mass is 10.0. The minimum absolute atomic E-state index is 0.00675. The summed E-state index contributed by atoms with van der Waals surface area (Å²) in [6, 6.07) is 3.10. The number of aromatic nitrogens is 1. The Hall–Kier alpha value is -2.56. The predicted octanol–water partition coefficient (Wildman–Crippen LogP) is 2.46. The number of carboxylic acids is 1. The number of aromatic carboxylic acids is 1. The lowest BCUT2D eigenvalue weighted by Gasteiger charge is -2.23. The first-order valence-electron chi connectivity index (χ1n) is 13.5. The molecule has 1 saturated carbocycles. The monoisotopic (exact) mass is 515 g/mol. The third-order valence-electron chi connectivity index (χ3n) is 8.76. The Morgan fingerprint density at radius 3 is 2.38 bits per heavy atom. The molecule has 200 valence electrons. The van der Waals surface area contributed by atoms with E-state index in [2.05, 4.69) is 29.8 Å². The lowest BCUT2D eigenvalue weighted by molar-refractivity contribution is 0.0694. The number of hydrogen-bond donors (Lipinski definition) is 4. The molecule has 1 aliphatic carbocycles. The molecule has 1 aromatic heterocycles. The summed E-state index contributed by atoms with van der Waals surface area (Å²) in [6.07, 6.45) is 5.10. The van der Waals surface area contributed by atoms with E-state index >= 15 is 4.39 Å². The highest BCUT2D eigenvalue weighted by Gasteiger charge is 2.41. The van der Waals surface area contributed by atoms with Gasteiger partial charge in [-0.1, -0.05) is 0 Å². The van der Waals surface area contributed by atoms with Crippen molar-refractivity contribution in [1.29, 1.82) is 0 Å². The van der Waals surface area contributed by atoms with Gasteiger partial charge < -0.3 is 30.5 Å². The number of benzene rings is 1. The summed E-state index contributed by atoms with van der Waals surface area (Å²) in [4.78, 5) is 25.7. The fourth-order valence-corrected chi connectivity index (χ4v) is 6.95. The molecule has 5 fully saturated rings. The second-order valence-corrected chi connectivity index (χ2v) is 11.6. The van der Waals surface area contributed by atoms with Crippen LogP contribution in [0.4, 0.5) is 14.5 Å². The van der Waals surface area contributed by atoms with Crippen molar-refractivity contribution in [3.8, 4) is 0 Å². The number of halogens is 2. The summed E-state index contributed by atoms with van der Waals surface area (Å²) in [7, 11) is 0. The van der Waals surface area contributed by atoms with E-state index in [1.165, 1.54) is 30.3 Å². The van der Waals surface area contributed by atoms with E-state index in [4.69, 9.17) is 0 Å². The number of fused-ring (bicyclic) bond motifs is 3. The average Bonchev–Trinajstić information content (AvgIpc) is 3.10. The lowest BCUT2D eigenvalue weighted by Crippen LogP contribution is -2.34. The molecule has 0 bridgehead atoms. The molecule has 10 heteroatoms. The zero-order valence-corrected chi connectivity index (χ0v) is 21.3. The van der Waals surface area contributed by atoms with Crippen LogP contribution in [0.1, 0.15) is 55.9 Å². The number of hydrogen-bond acceptors (Lipinski definition) is 6. The third-order valence-corrected chi connectivity index (χ3v) is 8.76. The van der Waals surface area contributed by atoms with Crippen molar-refractivity contribution in [2.45, 2.75) is 69.7 Å². The van der Waals surface area contributed by atoms with Crippen LogP contribution in [-0.4, -0.2) is 66.0 Å². The van der Waals surface area contributed by atoms with Gasteiger partial charge in [0.15, 0.2) is 5.82 Å². The minimum Gasteiger partial charge on any atom is -0.477 e. The third kappa shape index (κ3) is 4.42. The molecule has 6 unspecified atom stereocenters.